The average molecular weight is 335 g/mol. The van der Waals surface area contributed by atoms with E-state index in [1.54, 1.807) is 6.92 Å². The summed E-state index contributed by atoms with van der Waals surface area (Å²) in [6.07, 6.45) is 0.315. The Labute approximate surface area is 136 Å². The van der Waals surface area contributed by atoms with Gasteiger partial charge in [-0.05, 0) is 25.5 Å². The van der Waals surface area contributed by atoms with E-state index in [0.717, 1.165) is 0 Å². The maximum absolute atomic E-state index is 14.1. The number of nitrogens with one attached hydrogen (secondary N) is 1. The van der Waals surface area contributed by atoms with Crippen LogP contribution in [-0.4, -0.2) is 26.7 Å². The van der Waals surface area contributed by atoms with Crippen LogP contribution in [0.4, 0.5) is 4.39 Å². The van der Waals surface area contributed by atoms with Crippen LogP contribution in [0.25, 0.3) is 0 Å². The molecule has 126 valence electrons. The normalized spacial score (nSPS) is 12.8. The summed E-state index contributed by atoms with van der Waals surface area (Å²) in [5.41, 5.74) is 5.83. The van der Waals surface area contributed by atoms with E-state index in [4.69, 9.17) is 15.2 Å². The maximum atomic E-state index is 14.1. The number of ether oxygens (including phenoxy) is 2. The van der Waals surface area contributed by atoms with Crippen LogP contribution in [-0.2, 0) is 4.79 Å². The summed E-state index contributed by atoms with van der Waals surface area (Å²) in [6, 6.07) is 2.31. The molecule has 0 aliphatic carbocycles. The minimum absolute atomic E-state index is 0. The van der Waals surface area contributed by atoms with Crippen molar-refractivity contribution in [3.05, 3.63) is 23.5 Å². The van der Waals surface area contributed by atoms with Gasteiger partial charge in [0.1, 0.15) is 5.82 Å². The summed E-state index contributed by atoms with van der Waals surface area (Å²) < 4.78 is 24.3. The van der Waals surface area contributed by atoms with Gasteiger partial charge in [-0.1, -0.05) is 6.92 Å². The van der Waals surface area contributed by atoms with Crippen molar-refractivity contribution in [2.24, 2.45) is 11.7 Å². The Balaban J connectivity index is 0.00000441. The predicted molar refractivity (Wildman–Crippen MR) is 86.1 cm³/mol. The molecule has 1 rings (SSSR count). The lowest BCUT2D eigenvalue weighted by Gasteiger charge is -2.18. The van der Waals surface area contributed by atoms with Gasteiger partial charge in [0.15, 0.2) is 11.5 Å². The van der Waals surface area contributed by atoms with E-state index in [1.807, 2.05) is 6.92 Å². The van der Waals surface area contributed by atoms with Gasteiger partial charge >= 0.3 is 0 Å². The quantitative estimate of drug-likeness (QED) is 0.803. The van der Waals surface area contributed by atoms with Crippen molar-refractivity contribution in [2.75, 3.05) is 20.8 Å². The van der Waals surface area contributed by atoms with Gasteiger partial charge in [-0.2, -0.15) is 0 Å². The number of halogens is 2. The molecule has 0 spiro atoms. The number of amides is 1. The number of carbonyl (C=O) groups excluding carboxylic acids is 1. The Kier molecular flexibility index (Phi) is 8.82. The van der Waals surface area contributed by atoms with Crippen LogP contribution in [0, 0.1) is 11.7 Å². The van der Waals surface area contributed by atoms with Crippen molar-refractivity contribution >= 4 is 18.3 Å². The molecular formula is C15H24ClFN2O3. The van der Waals surface area contributed by atoms with E-state index < -0.39 is 11.9 Å². The van der Waals surface area contributed by atoms with Crippen LogP contribution in [0.3, 0.4) is 0 Å². The zero-order valence-electron chi connectivity index (χ0n) is 13.3. The molecule has 0 aliphatic heterocycles. The molecule has 0 saturated heterocycles. The fraction of sp³-hybridized carbons (Fsp3) is 0.533. The Morgan fingerprint density at radius 2 is 1.82 bits per heavy atom. The summed E-state index contributed by atoms with van der Waals surface area (Å²) >= 11 is 0. The molecule has 3 N–H and O–H groups in total. The standard InChI is InChI=1S/C15H23FN2O3.ClH/c1-9(8-17)5-15(19)18-10(2)11-6-13(20-3)14(21-4)7-12(11)16;/h6-7,9-10H,5,8,17H2,1-4H3,(H,18,19);1H. The second-order valence-corrected chi connectivity index (χ2v) is 5.06. The number of methoxy groups -OCH3 is 2. The first-order valence-electron chi connectivity index (χ1n) is 6.83. The second kappa shape index (κ2) is 9.48. The molecule has 0 bridgehead atoms. The molecule has 0 aromatic heterocycles. The molecule has 2 atom stereocenters. The fourth-order valence-corrected chi connectivity index (χ4v) is 1.98. The van der Waals surface area contributed by atoms with Gasteiger partial charge in [-0.25, -0.2) is 4.39 Å². The van der Waals surface area contributed by atoms with E-state index in [1.165, 1.54) is 26.4 Å². The van der Waals surface area contributed by atoms with Crippen molar-refractivity contribution in [3.63, 3.8) is 0 Å². The van der Waals surface area contributed by atoms with E-state index in [-0.39, 0.29) is 24.2 Å². The van der Waals surface area contributed by atoms with Crippen LogP contribution in [0.15, 0.2) is 12.1 Å². The highest BCUT2D eigenvalue weighted by Crippen LogP contribution is 2.32. The molecule has 2 unspecified atom stereocenters. The van der Waals surface area contributed by atoms with E-state index in [2.05, 4.69) is 5.32 Å². The van der Waals surface area contributed by atoms with Crippen molar-refractivity contribution in [1.82, 2.24) is 5.32 Å². The first kappa shape index (κ1) is 20.5. The lowest BCUT2D eigenvalue weighted by molar-refractivity contribution is -0.122. The molecule has 0 saturated carbocycles. The SMILES string of the molecule is COc1cc(F)c(C(C)NC(=O)CC(C)CN)cc1OC.Cl. The number of hydrogen-bond donors (Lipinski definition) is 2. The molecule has 1 aromatic rings. The molecule has 0 radical (unpaired) electrons. The van der Waals surface area contributed by atoms with Gasteiger partial charge in [-0.3, -0.25) is 4.79 Å². The van der Waals surface area contributed by atoms with Crippen LogP contribution < -0.4 is 20.5 Å². The maximum Gasteiger partial charge on any atom is 0.220 e. The minimum atomic E-state index is -0.470. The highest BCUT2D eigenvalue weighted by atomic mass is 35.5. The summed E-state index contributed by atoms with van der Waals surface area (Å²) in [5.74, 6) is 0.216. The monoisotopic (exact) mass is 334 g/mol. The van der Waals surface area contributed by atoms with Crippen LogP contribution in [0.2, 0.25) is 0 Å². The average Bonchev–Trinajstić information content (AvgIpc) is 2.46. The molecule has 22 heavy (non-hydrogen) atoms. The molecular weight excluding hydrogens is 311 g/mol. The molecule has 0 heterocycles. The number of benzene rings is 1. The first-order chi connectivity index (χ1) is 9.92. The molecule has 1 amide bonds. The smallest absolute Gasteiger partial charge is 0.220 e. The lowest BCUT2D eigenvalue weighted by atomic mass is 10.0. The van der Waals surface area contributed by atoms with Crippen molar-refractivity contribution in [3.8, 4) is 11.5 Å². The van der Waals surface area contributed by atoms with Crippen LogP contribution >= 0.6 is 12.4 Å². The van der Waals surface area contributed by atoms with Gasteiger partial charge in [-0.15, -0.1) is 12.4 Å². The van der Waals surface area contributed by atoms with Crippen LogP contribution in [0.1, 0.15) is 31.9 Å². The largest absolute Gasteiger partial charge is 0.493 e. The van der Waals surface area contributed by atoms with Crippen molar-refractivity contribution < 1.29 is 18.7 Å². The summed E-state index contributed by atoms with van der Waals surface area (Å²) in [5, 5.41) is 2.76. The van der Waals surface area contributed by atoms with Gasteiger partial charge in [0, 0.05) is 18.1 Å². The van der Waals surface area contributed by atoms with E-state index in [9.17, 15) is 9.18 Å². The van der Waals surface area contributed by atoms with Gasteiger partial charge in [0.05, 0.1) is 20.3 Å². The Bertz CT molecular complexity index is 500. The Morgan fingerprint density at radius 3 is 2.32 bits per heavy atom. The molecule has 0 fully saturated rings. The topological polar surface area (TPSA) is 73.6 Å². The number of hydrogen-bond acceptors (Lipinski definition) is 4. The summed E-state index contributed by atoms with van der Waals surface area (Å²) in [7, 11) is 2.92. The third kappa shape index (κ3) is 5.35. The lowest BCUT2D eigenvalue weighted by Crippen LogP contribution is -2.30. The number of carbonyl (C=O) groups is 1. The molecule has 5 nitrogen and oxygen atoms in total. The third-order valence-corrected chi connectivity index (χ3v) is 3.28. The molecule has 0 aliphatic rings. The van der Waals surface area contributed by atoms with Crippen molar-refractivity contribution in [2.45, 2.75) is 26.3 Å². The Morgan fingerprint density at radius 1 is 1.27 bits per heavy atom. The van der Waals surface area contributed by atoms with E-state index >= 15 is 0 Å². The summed E-state index contributed by atoms with van der Waals surface area (Å²) in [4.78, 5) is 11.8. The fourth-order valence-electron chi connectivity index (χ4n) is 1.98. The highest BCUT2D eigenvalue weighted by molar-refractivity contribution is 5.85. The third-order valence-electron chi connectivity index (χ3n) is 3.28. The first-order valence-corrected chi connectivity index (χ1v) is 6.83. The molecule has 1 aromatic carbocycles. The minimum Gasteiger partial charge on any atom is -0.493 e. The van der Waals surface area contributed by atoms with Gasteiger partial charge in [0.25, 0.3) is 0 Å². The number of nitrogens with two attached hydrogens (primary N) is 1. The van der Waals surface area contributed by atoms with Gasteiger partial charge < -0.3 is 20.5 Å². The van der Waals surface area contributed by atoms with E-state index in [0.29, 0.717) is 30.0 Å². The predicted octanol–water partition coefficient (Wildman–Crippen LogP) is 2.43. The van der Waals surface area contributed by atoms with Crippen molar-refractivity contribution in [1.29, 1.82) is 0 Å². The summed E-state index contributed by atoms with van der Waals surface area (Å²) in [6.45, 7) is 4.04. The zero-order valence-corrected chi connectivity index (χ0v) is 14.1. The van der Waals surface area contributed by atoms with Crippen LogP contribution in [0.5, 0.6) is 11.5 Å². The highest BCUT2D eigenvalue weighted by Gasteiger charge is 2.18. The van der Waals surface area contributed by atoms with Gasteiger partial charge in [0.2, 0.25) is 5.91 Å². The Hall–Kier alpha value is -1.53. The zero-order chi connectivity index (χ0) is 16.0. The second-order valence-electron chi connectivity index (χ2n) is 5.06. The number of rotatable bonds is 7. The molecule has 7 heteroatoms.